The number of benzene rings is 2. The minimum Gasteiger partial charge on any atom is -0.493 e. The third-order valence-electron chi connectivity index (χ3n) is 4.98. The number of nitrogens with zero attached hydrogens (tertiary/aromatic N) is 3. The van der Waals surface area contributed by atoms with Crippen LogP contribution in [-0.2, 0) is 9.59 Å². The molecule has 2 aromatic carbocycles. The molecule has 14 heteroatoms. The molecule has 0 aliphatic carbocycles. The zero-order valence-corrected chi connectivity index (χ0v) is 20.6. The molecule has 0 saturated carbocycles. The van der Waals surface area contributed by atoms with Gasteiger partial charge in [0, 0.05) is 16.5 Å². The predicted octanol–water partition coefficient (Wildman–Crippen LogP) is 5.10. The van der Waals surface area contributed by atoms with E-state index < -0.39 is 12.1 Å². The van der Waals surface area contributed by atoms with Crippen LogP contribution >= 0.6 is 23.2 Å². The summed E-state index contributed by atoms with van der Waals surface area (Å²) in [5.74, 6) is -1.22. The zero-order chi connectivity index (χ0) is 27.3. The molecule has 3 aromatic rings. The Balaban J connectivity index is 0.000000479. The van der Waals surface area contributed by atoms with Crippen LogP contribution in [0.5, 0.6) is 11.5 Å². The molecule has 1 fully saturated rings. The highest BCUT2D eigenvalue weighted by atomic mass is 35.5. The molecule has 0 atom stereocenters. The number of anilines is 2. The first-order valence-electron chi connectivity index (χ1n) is 10.4. The van der Waals surface area contributed by atoms with Gasteiger partial charge in [0.1, 0.15) is 18.2 Å². The fourth-order valence-electron chi connectivity index (χ4n) is 3.13. The smallest absolute Gasteiger partial charge is 0.490 e. The zero-order valence-electron chi connectivity index (χ0n) is 19.1. The molecule has 196 valence electrons. The predicted molar refractivity (Wildman–Crippen MR) is 131 cm³/mol. The molecule has 9 nitrogen and oxygen atoms in total. The molecule has 0 radical (unpaired) electrons. The van der Waals surface area contributed by atoms with Crippen LogP contribution in [0.15, 0.2) is 49.3 Å². The van der Waals surface area contributed by atoms with Crippen LogP contribution in [0.3, 0.4) is 0 Å². The van der Waals surface area contributed by atoms with Gasteiger partial charge in [0.15, 0.2) is 11.5 Å². The summed E-state index contributed by atoms with van der Waals surface area (Å²) in [6.07, 6.45) is -2.46. The summed E-state index contributed by atoms with van der Waals surface area (Å²) in [4.78, 5) is 30.9. The number of fused-ring (bicyclic) bond motifs is 1. The van der Waals surface area contributed by atoms with E-state index in [0.717, 1.165) is 5.39 Å². The highest BCUT2D eigenvalue weighted by Gasteiger charge is 2.38. The van der Waals surface area contributed by atoms with E-state index in [1.54, 1.807) is 36.3 Å². The molecule has 2 N–H and O–H groups in total. The summed E-state index contributed by atoms with van der Waals surface area (Å²) in [6.45, 7) is 4.48. The summed E-state index contributed by atoms with van der Waals surface area (Å²) in [5.41, 5.74) is 1.34. The Morgan fingerprint density at radius 2 is 1.86 bits per heavy atom. The maximum Gasteiger partial charge on any atom is 0.490 e. The van der Waals surface area contributed by atoms with Crippen molar-refractivity contribution in [2.24, 2.45) is 0 Å². The Morgan fingerprint density at radius 1 is 1.19 bits per heavy atom. The van der Waals surface area contributed by atoms with E-state index in [4.69, 9.17) is 42.6 Å². The first kappa shape index (κ1) is 27.8. The molecule has 1 aliphatic rings. The summed E-state index contributed by atoms with van der Waals surface area (Å²) in [5, 5.41) is 12.1. The summed E-state index contributed by atoms with van der Waals surface area (Å²) in [7, 11) is 1.57. The molecule has 1 saturated heterocycles. The number of alkyl halides is 3. The second-order valence-electron chi connectivity index (χ2n) is 7.48. The number of amides is 1. The summed E-state index contributed by atoms with van der Waals surface area (Å²) in [6, 6.07) is 8.77. The normalized spacial score (nSPS) is 13.2. The van der Waals surface area contributed by atoms with Crippen LogP contribution in [0.25, 0.3) is 10.9 Å². The fraction of sp³-hybridized carbons (Fsp3) is 0.217. The number of carbonyl (C=O) groups excluding carboxylic acids is 1. The lowest BCUT2D eigenvalue weighted by Gasteiger charge is -2.38. The van der Waals surface area contributed by atoms with Crippen LogP contribution in [0.1, 0.15) is 0 Å². The van der Waals surface area contributed by atoms with Gasteiger partial charge in [-0.05, 0) is 30.3 Å². The number of methoxy groups -OCH3 is 1. The van der Waals surface area contributed by atoms with Crippen molar-refractivity contribution in [2.75, 3.05) is 25.5 Å². The van der Waals surface area contributed by atoms with E-state index in [0.29, 0.717) is 51.7 Å². The molecule has 1 aliphatic heterocycles. The van der Waals surface area contributed by atoms with E-state index in [-0.39, 0.29) is 12.0 Å². The van der Waals surface area contributed by atoms with Crippen molar-refractivity contribution in [3.05, 3.63) is 59.4 Å². The van der Waals surface area contributed by atoms with Crippen molar-refractivity contribution >= 4 is 57.5 Å². The highest BCUT2D eigenvalue weighted by Crippen LogP contribution is 2.37. The lowest BCUT2D eigenvalue weighted by atomic mass is 10.1. The van der Waals surface area contributed by atoms with E-state index in [1.165, 1.54) is 12.4 Å². The molecule has 2 heterocycles. The van der Waals surface area contributed by atoms with Crippen molar-refractivity contribution in [3.8, 4) is 11.5 Å². The number of ether oxygens (including phenoxy) is 2. The Hall–Kier alpha value is -3.77. The summed E-state index contributed by atoms with van der Waals surface area (Å²) >= 11 is 12.3. The molecule has 0 spiro atoms. The average Bonchev–Trinajstić information content (AvgIpc) is 2.81. The number of carbonyl (C=O) groups is 2. The topological polar surface area (TPSA) is 114 Å². The highest BCUT2D eigenvalue weighted by molar-refractivity contribution is 6.36. The average molecular weight is 559 g/mol. The molecular formula is C23H19Cl2F3N4O5. The van der Waals surface area contributed by atoms with Crippen molar-refractivity contribution in [2.45, 2.75) is 12.3 Å². The number of rotatable bonds is 6. The van der Waals surface area contributed by atoms with Crippen LogP contribution < -0.4 is 14.8 Å². The largest absolute Gasteiger partial charge is 0.493 e. The second-order valence-corrected chi connectivity index (χ2v) is 8.33. The molecular weight excluding hydrogens is 540 g/mol. The van der Waals surface area contributed by atoms with Gasteiger partial charge < -0.3 is 24.8 Å². The van der Waals surface area contributed by atoms with Gasteiger partial charge in [-0.1, -0.05) is 29.8 Å². The van der Waals surface area contributed by atoms with Crippen LogP contribution in [0.4, 0.5) is 24.7 Å². The monoisotopic (exact) mass is 558 g/mol. The number of hydrogen-bond donors (Lipinski definition) is 2. The van der Waals surface area contributed by atoms with Gasteiger partial charge in [-0.2, -0.15) is 13.2 Å². The fourth-order valence-corrected chi connectivity index (χ4v) is 3.59. The van der Waals surface area contributed by atoms with Crippen molar-refractivity contribution < 1.29 is 37.3 Å². The van der Waals surface area contributed by atoms with Crippen LogP contribution in [-0.4, -0.2) is 64.3 Å². The number of carboxylic acid groups (broad SMARTS) is 1. The minimum atomic E-state index is -5.08. The molecule has 1 amide bonds. The Morgan fingerprint density at radius 3 is 2.43 bits per heavy atom. The Kier molecular flexibility index (Phi) is 8.66. The van der Waals surface area contributed by atoms with Gasteiger partial charge in [0.05, 0.1) is 36.4 Å². The van der Waals surface area contributed by atoms with Gasteiger partial charge in [0.2, 0.25) is 5.91 Å². The number of aliphatic carboxylic acids is 1. The number of likely N-dealkylation sites (tertiary alicyclic amines) is 1. The molecule has 37 heavy (non-hydrogen) atoms. The van der Waals surface area contributed by atoms with E-state index in [1.807, 2.05) is 6.07 Å². The number of halogens is 5. The first-order chi connectivity index (χ1) is 17.4. The van der Waals surface area contributed by atoms with Crippen molar-refractivity contribution in [1.29, 1.82) is 0 Å². The van der Waals surface area contributed by atoms with E-state index in [9.17, 15) is 18.0 Å². The Labute approximate surface area is 218 Å². The lowest BCUT2D eigenvalue weighted by Crippen LogP contribution is -2.55. The minimum absolute atomic E-state index is 0.111. The van der Waals surface area contributed by atoms with Gasteiger partial charge in [-0.25, -0.2) is 14.8 Å². The number of carboxylic acids is 1. The SMILES string of the molecule is C=CC(=O)N1CC(Oc2cc3c(Nc4ccc(Cl)cc4Cl)ncnc3cc2OC)C1.O=C(O)C(F)(F)F. The van der Waals surface area contributed by atoms with Gasteiger partial charge in [-0.15, -0.1) is 0 Å². The van der Waals surface area contributed by atoms with Gasteiger partial charge in [-0.3, -0.25) is 4.79 Å². The Bertz CT molecular complexity index is 1330. The van der Waals surface area contributed by atoms with Crippen LogP contribution in [0.2, 0.25) is 10.0 Å². The molecule has 1 aromatic heterocycles. The quantitative estimate of drug-likeness (QED) is 0.402. The molecule has 4 rings (SSSR count). The van der Waals surface area contributed by atoms with Crippen molar-refractivity contribution in [3.63, 3.8) is 0 Å². The van der Waals surface area contributed by atoms with Crippen LogP contribution in [0, 0.1) is 0 Å². The maximum atomic E-state index is 11.6. The third-order valence-corrected chi connectivity index (χ3v) is 5.52. The summed E-state index contributed by atoms with van der Waals surface area (Å²) < 4.78 is 43.3. The van der Waals surface area contributed by atoms with Crippen molar-refractivity contribution in [1.82, 2.24) is 14.9 Å². The van der Waals surface area contributed by atoms with Gasteiger partial charge in [0.25, 0.3) is 0 Å². The van der Waals surface area contributed by atoms with E-state index in [2.05, 4.69) is 21.9 Å². The number of hydrogen-bond acceptors (Lipinski definition) is 7. The standard InChI is InChI=1S/C21H18Cl2N4O3.C2HF3O2/c1-3-20(28)27-9-13(10-27)30-19-7-14-17(8-18(19)29-2)24-11-25-21(14)26-16-5-4-12(22)6-15(16)23;3-2(4,5)1(6)7/h3-8,11,13H,1,9-10H2,2H3,(H,24,25,26);(H,6,7). The molecule has 0 unspecified atom stereocenters. The first-order valence-corrected chi connectivity index (χ1v) is 11.1. The van der Waals surface area contributed by atoms with Gasteiger partial charge >= 0.3 is 12.1 Å². The number of aromatic nitrogens is 2. The molecule has 0 bridgehead atoms. The number of nitrogens with one attached hydrogen (secondary N) is 1. The maximum absolute atomic E-state index is 11.6. The third kappa shape index (κ3) is 6.92. The van der Waals surface area contributed by atoms with E-state index >= 15 is 0 Å². The second kappa shape index (κ2) is 11.5. The lowest BCUT2D eigenvalue weighted by molar-refractivity contribution is -0.192.